The van der Waals surface area contributed by atoms with Crippen LogP contribution in [0.5, 0.6) is 0 Å². The molecule has 1 N–H and O–H groups in total. The van der Waals surface area contributed by atoms with Crippen LogP contribution in [-0.2, 0) is 11.2 Å². The van der Waals surface area contributed by atoms with Crippen molar-refractivity contribution in [2.45, 2.75) is 20.3 Å². The number of benzene rings is 2. The maximum atomic E-state index is 12.1. The number of non-ortho nitro benzene ring substituents is 1. The minimum atomic E-state index is -0.463. The zero-order chi connectivity index (χ0) is 21.0. The standard InChI is InChI=1S/C21H18BrN3O4/c1-13-3-4-15(14(2)9-13)10-21(26)24-23-12-17-6-8-20(29-17)18-7-5-16(25(27)28)11-19(18)22/h3-9,11-12H,10H2,1-2H3,(H,24,26)/b23-12-. The number of amides is 1. The molecular weight excluding hydrogens is 438 g/mol. The van der Waals surface area contributed by atoms with Crippen molar-refractivity contribution in [2.75, 3.05) is 0 Å². The van der Waals surface area contributed by atoms with Gasteiger partial charge in [-0.25, -0.2) is 5.43 Å². The lowest BCUT2D eigenvalue weighted by molar-refractivity contribution is -0.384. The van der Waals surface area contributed by atoms with Gasteiger partial charge < -0.3 is 4.42 Å². The summed E-state index contributed by atoms with van der Waals surface area (Å²) in [7, 11) is 0. The normalized spacial score (nSPS) is 11.0. The highest BCUT2D eigenvalue weighted by Gasteiger charge is 2.13. The van der Waals surface area contributed by atoms with E-state index in [-0.39, 0.29) is 18.0 Å². The molecule has 0 atom stereocenters. The van der Waals surface area contributed by atoms with E-state index in [0.717, 1.165) is 16.7 Å². The Labute approximate surface area is 175 Å². The van der Waals surface area contributed by atoms with Crippen LogP contribution in [0.25, 0.3) is 11.3 Å². The van der Waals surface area contributed by atoms with Crippen LogP contribution in [0.4, 0.5) is 5.69 Å². The Balaban J connectivity index is 1.63. The average molecular weight is 456 g/mol. The minimum Gasteiger partial charge on any atom is -0.455 e. The van der Waals surface area contributed by atoms with Gasteiger partial charge in [0.1, 0.15) is 11.5 Å². The van der Waals surface area contributed by atoms with Crippen LogP contribution >= 0.6 is 15.9 Å². The van der Waals surface area contributed by atoms with E-state index in [1.807, 2.05) is 32.0 Å². The Bertz CT molecular complexity index is 1110. The molecule has 29 heavy (non-hydrogen) atoms. The number of hydrogen-bond acceptors (Lipinski definition) is 5. The first-order valence-electron chi connectivity index (χ1n) is 8.75. The third-order valence-electron chi connectivity index (χ3n) is 4.29. The molecule has 1 aromatic heterocycles. The molecule has 0 aliphatic carbocycles. The summed E-state index contributed by atoms with van der Waals surface area (Å²) < 4.78 is 6.23. The molecule has 0 fully saturated rings. The minimum absolute atomic E-state index is 0.0134. The van der Waals surface area contributed by atoms with Crippen molar-refractivity contribution in [1.82, 2.24) is 5.43 Å². The molecule has 0 saturated carbocycles. The van der Waals surface area contributed by atoms with E-state index in [1.165, 1.54) is 18.3 Å². The molecule has 2 aromatic carbocycles. The molecule has 148 valence electrons. The Hall–Kier alpha value is -3.26. The second-order valence-electron chi connectivity index (χ2n) is 6.52. The molecule has 0 aliphatic heterocycles. The first-order chi connectivity index (χ1) is 13.8. The lowest BCUT2D eigenvalue weighted by Crippen LogP contribution is -2.20. The van der Waals surface area contributed by atoms with Crippen molar-refractivity contribution in [3.63, 3.8) is 0 Å². The number of nitrogens with zero attached hydrogens (tertiary/aromatic N) is 2. The molecular formula is C21H18BrN3O4. The zero-order valence-electron chi connectivity index (χ0n) is 15.8. The number of aryl methyl sites for hydroxylation is 2. The van der Waals surface area contributed by atoms with Gasteiger partial charge in [-0.2, -0.15) is 5.10 Å². The van der Waals surface area contributed by atoms with Crippen LogP contribution in [0.1, 0.15) is 22.5 Å². The van der Waals surface area contributed by atoms with Crippen LogP contribution in [0.2, 0.25) is 0 Å². The van der Waals surface area contributed by atoms with Gasteiger partial charge in [0.2, 0.25) is 5.91 Å². The van der Waals surface area contributed by atoms with Gasteiger partial charge in [0, 0.05) is 22.2 Å². The number of carbonyl (C=O) groups excluding carboxylic acids is 1. The van der Waals surface area contributed by atoms with Crippen molar-refractivity contribution in [1.29, 1.82) is 0 Å². The lowest BCUT2D eigenvalue weighted by atomic mass is 10.0. The van der Waals surface area contributed by atoms with Crippen molar-refractivity contribution in [2.24, 2.45) is 5.10 Å². The summed E-state index contributed by atoms with van der Waals surface area (Å²) in [6.45, 7) is 3.98. The Morgan fingerprint density at radius 2 is 2.00 bits per heavy atom. The summed E-state index contributed by atoms with van der Waals surface area (Å²) in [6.07, 6.45) is 1.64. The van der Waals surface area contributed by atoms with Gasteiger partial charge in [-0.05, 0) is 59.1 Å². The number of carbonyl (C=O) groups is 1. The van der Waals surface area contributed by atoms with Crippen molar-refractivity contribution in [3.05, 3.63) is 85.6 Å². The monoisotopic (exact) mass is 455 g/mol. The number of hydrazone groups is 1. The highest BCUT2D eigenvalue weighted by molar-refractivity contribution is 9.10. The largest absolute Gasteiger partial charge is 0.455 e. The van der Waals surface area contributed by atoms with E-state index in [2.05, 4.69) is 26.5 Å². The van der Waals surface area contributed by atoms with Crippen LogP contribution in [0, 0.1) is 24.0 Å². The Kier molecular flexibility index (Phi) is 6.23. The number of nitro benzene ring substituents is 1. The molecule has 0 radical (unpaired) electrons. The molecule has 0 spiro atoms. The van der Waals surface area contributed by atoms with Gasteiger partial charge in [0.05, 0.1) is 17.6 Å². The maximum Gasteiger partial charge on any atom is 0.270 e. The van der Waals surface area contributed by atoms with E-state index in [4.69, 9.17) is 4.42 Å². The van der Waals surface area contributed by atoms with E-state index in [1.54, 1.807) is 18.2 Å². The van der Waals surface area contributed by atoms with E-state index in [0.29, 0.717) is 21.6 Å². The summed E-state index contributed by atoms with van der Waals surface area (Å²) in [5, 5.41) is 14.8. The van der Waals surface area contributed by atoms with Crippen LogP contribution in [0.3, 0.4) is 0 Å². The smallest absolute Gasteiger partial charge is 0.270 e. The maximum absolute atomic E-state index is 12.1. The number of rotatable bonds is 6. The van der Waals surface area contributed by atoms with Crippen LogP contribution < -0.4 is 5.43 Å². The molecule has 7 nitrogen and oxygen atoms in total. The quantitative estimate of drug-likeness (QED) is 0.323. The fraction of sp³-hybridized carbons (Fsp3) is 0.143. The SMILES string of the molecule is Cc1ccc(CC(=O)N/N=C\c2ccc(-c3ccc([N+](=O)[O-])cc3Br)o2)c(C)c1. The fourth-order valence-electron chi connectivity index (χ4n) is 2.81. The van der Waals surface area contributed by atoms with Crippen molar-refractivity contribution >= 4 is 33.7 Å². The van der Waals surface area contributed by atoms with E-state index in [9.17, 15) is 14.9 Å². The second-order valence-corrected chi connectivity index (χ2v) is 7.38. The first kappa shape index (κ1) is 20.5. The number of furan rings is 1. The summed E-state index contributed by atoms with van der Waals surface area (Å²) in [5.41, 5.74) is 6.31. The van der Waals surface area contributed by atoms with Gasteiger partial charge in [0.25, 0.3) is 5.69 Å². The van der Waals surface area contributed by atoms with Gasteiger partial charge in [-0.15, -0.1) is 0 Å². The molecule has 0 saturated heterocycles. The second kappa shape index (κ2) is 8.83. The van der Waals surface area contributed by atoms with E-state index >= 15 is 0 Å². The third kappa shape index (κ3) is 5.17. The zero-order valence-corrected chi connectivity index (χ0v) is 17.4. The third-order valence-corrected chi connectivity index (χ3v) is 4.94. The van der Waals surface area contributed by atoms with Crippen molar-refractivity contribution in [3.8, 4) is 11.3 Å². The summed E-state index contributed by atoms with van der Waals surface area (Å²) >= 11 is 3.32. The molecule has 8 heteroatoms. The highest BCUT2D eigenvalue weighted by atomic mass is 79.9. The summed E-state index contributed by atoms with van der Waals surface area (Å²) in [4.78, 5) is 22.5. The van der Waals surface area contributed by atoms with Crippen molar-refractivity contribution < 1.29 is 14.1 Å². The molecule has 3 aromatic rings. The number of nitro groups is 1. The predicted octanol–water partition coefficient (Wildman–Crippen LogP) is 4.93. The summed E-state index contributed by atoms with van der Waals surface area (Å²) in [5.74, 6) is 0.741. The highest BCUT2D eigenvalue weighted by Crippen LogP contribution is 2.32. The molecule has 3 rings (SSSR count). The number of hydrogen-bond donors (Lipinski definition) is 1. The van der Waals surface area contributed by atoms with Gasteiger partial charge in [-0.3, -0.25) is 14.9 Å². The van der Waals surface area contributed by atoms with Gasteiger partial charge in [0.15, 0.2) is 0 Å². The summed E-state index contributed by atoms with van der Waals surface area (Å²) in [6, 6.07) is 13.8. The lowest BCUT2D eigenvalue weighted by Gasteiger charge is -2.05. The molecule has 1 amide bonds. The molecule has 0 unspecified atom stereocenters. The first-order valence-corrected chi connectivity index (χ1v) is 9.55. The van der Waals surface area contributed by atoms with E-state index < -0.39 is 4.92 Å². The predicted molar refractivity (Wildman–Crippen MR) is 114 cm³/mol. The average Bonchev–Trinajstić information content (AvgIpc) is 3.12. The van der Waals surface area contributed by atoms with Gasteiger partial charge >= 0.3 is 0 Å². The number of halogens is 1. The fourth-order valence-corrected chi connectivity index (χ4v) is 3.37. The topological polar surface area (TPSA) is 97.7 Å². The Morgan fingerprint density at radius 3 is 2.69 bits per heavy atom. The molecule has 1 heterocycles. The number of nitrogens with one attached hydrogen (secondary N) is 1. The van der Waals surface area contributed by atoms with Crippen LogP contribution in [-0.4, -0.2) is 17.0 Å². The van der Waals surface area contributed by atoms with Crippen LogP contribution in [0.15, 0.2) is 62.5 Å². The van der Waals surface area contributed by atoms with Gasteiger partial charge in [-0.1, -0.05) is 23.8 Å². The molecule has 0 bridgehead atoms. The molecule has 0 aliphatic rings. The Morgan fingerprint density at radius 1 is 1.21 bits per heavy atom.